The second kappa shape index (κ2) is 10.2. The Labute approximate surface area is 194 Å². The molecule has 0 saturated carbocycles. The van der Waals surface area contributed by atoms with Crippen LogP contribution in [0.4, 0.5) is 0 Å². The number of rotatable bonds is 9. The third-order valence-corrected chi connectivity index (χ3v) is 6.21. The average molecular weight is 472 g/mol. The molecule has 4 rings (SSSR count). The molecule has 32 heavy (non-hydrogen) atoms. The molecule has 2 aromatic carbocycles. The summed E-state index contributed by atoms with van der Waals surface area (Å²) in [7, 11) is 3.26. The molecule has 0 radical (unpaired) electrons. The summed E-state index contributed by atoms with van der Waals surface area (Å²) in [5.74, 6) is 1.94. The molecule has 0 amide bonds. The van der Waals surface area contributed by atoms with Gasteiger partial charge >= 0.3 is 5.63 Å². The Morgan fingerprint density at radius 2 is 1.91 bits per heavy atom. The number of hydrogen-bond donors (Lipinski definition) is 0. The molecule has 0 bridgehead atoms. The highest BCUT2D eigenvalue weighted by Crippen LogP contribution is 2.30. The molecule has 0 atom stereocenters. The highest BCUT2D eigenvalue weighted by molar-refractivity contribution is 7.98. The number of methoxy groups -OCH3 is 2. The lowest BCUT2D eigenvalue weighted by molar-refractivity contribution is 0.189. The molecular weight excluding hydrogens is 450 g/mol. The van der Waals surface area contributed by atoms with Crippen molar-refractivity contribution in [3.8, 4) is 17.1 Å². The van der Waals surface area contributed by atoms with Gasteiger partial charge in [-0.15, -0.1) is 10.2 Å². The third kappa shape index (κ3) is 4.98. The first kappa shape index (κ1) is 22.4. The molecule has 0 aliphatic rings. The highest BCUT2D eigenvalue weighted by atomic mass is 35.5. The number of hydrogen-bond acceptors (Lipinski definition) is 7. The summed E-state index contributed by atoms with van der Waals surface area (Å²) in [6.07, 6.45) is 0.820. The summed E-state index contributed by atoms with van der Waals surface area (Å²) >= 11 is 7.56. The molecule has 2 aromatic heterocycles. The maximum atomic E-state index is 12.1. The predicted molar refractivity (Wildman–Crippen MR) is 126 cm³/mol. The largest absolute Gasteiger partial charge is 0.497 e. The smallest absolute Gasteiger partial charge is 0.336 e. The van der Waals surface area contributed by atoms with Crippen LogP contribution in [0, 0.1) is 0 Å². The third-order valence-electron chi connectivity index (χ3n) is 4.94. The summed E-state index contributed by atoms with van der Waals surface area (Å²) in [6.45, 7) is 1.34. The predicted octanol–water partition coefficient (Wildman–Crippen LogP) is 5.04. The molecule has 4 aromatic rings. The molecule has 0 fully saturated rings. The van der Waals surface area contributed by atoms with Gasteiger partial charge in [0, 0.05) is 54.1 Å². The fourth-order valence-electron chi connectivity index (χ4n) is 3.38. The number of halogens is 1. The molecule has 2 heterocycles. The van der Waals surface area contributed by atoms with Crippen molar-refractivity contribution >= 4 is 34.3 Å². The van der Waals surface area contributed by atoms with Crippen molar-refractivity contribution in [3.63, 3.8) is 0 Å². The maximum Gasteiger partial charge on any atom is 0.336 e. The fraction of sp³-hybridized carbons (Fsp3) is 0.261. The second-order valence-corrected chi connectivity index (χ2v) is 8.43. The van der Waals surface area contributed by atoms with Crippen molar-refractivity contribution < 1.29 is 13.9 Å². The summed E-state index contributed by atoms with van der Waals surface area (Å²) in [5, 5.41) is 11.1. The molecule has 9 heteroatoms. The van der Waals surface area contributed by atoms with Crippen molar-refractivity contribution in [2.75, 3.05) is 20.8 Å². The SMILES string of the molecule is COCCCn1c(SCc2cc(=O)oc3cc(OC)ccc23)nnc1-c1ccc(Cl)cc1. The zero-order chi connectivity index (χ0) is 22.5. The number of aromatic nitrogens is 3. The summed E-state index contributed by atoms with van der Waals surface area (Å²) in [6, 6.07) is 14.5. The Hall–Kier alpha value is -2.81. The van der Waals surface area contributed by atoms with E-state index >= 15 is 0 Å². The van der Waals surface area contributed by atoms with Gasteiger partial charge in [-0.1, -0.05) is 23.4 Å². The first-order valence-electron chi connectivity index (χ1n) is 10.0. The second-order valence-electron chi connectivity index (χ2n) is 7.05. The fourth-order valence-corrected chi connectivity index (χ4v) is 4.46. The number of thioether (sulfide) groups is 1. The van der Waals surface area contributed by atoms with Gasteiger partial charge in [-0.05, 0) is 48.4 Å². The van der Waals surface area contributed by atoms with Gasteiger partial charge in [0.1, 0.15) is 11.3 Å². The van der Waals surface area contributed by atoms with Gasteiger partial charge in [0.05, 0.1) is 7.11 Å². The van der Waals surface area contributed by atoms with Crippen molar-refractivity contribution in [2.24, 2.45) is 0 Å². The standard InChI is InChI=1S/C23H22ClN3O4S/c1-29-11-3-10-27-22(15-4-6-17(24)7-5-15)25-26-23(27)32-14-16-12-21(28)31-20-13-18(30-2)8-9-19(16)20/h4-9,12-13H,3,10-11,14H2,1-2H3. The first-order chi connectivity index (χ1) is 15.6. The van der Waals surface area contributed by atoms with Crippen LogP contribution in [0.15, 0.2) is 62.9 Å². The van der Waals surface area contributed by atoms with Crippen LogP contribution in [-0.4, -0.2) is 35.6 Å². The van der Waals surface area contributed by atoms with Crippen LogP contribution in [0.5, 0.6) is 5.75 Å². The van der Waals surface area contributed by atoms with E-state index in [-0.39, 0.29) is 0 Å². The van der Waals surface area contributed by atoms with Gasteiger partial charge in [0.2, 0.25) is 0 Å². The van der Waals surface area contributed by atoms with Crippen LogP contribution in [0.1, 0.15) is 12.0 Å². The quantitative estimate of drug-likeness (QED) is 0.192. The van der Waals surface area contributed by atoms with Gasteiger partial charge < -0.3 is 18.5 Å². The Bertz CT molecular complexity index is 1270. The van der Waals surface area contributed by atoms with Gasteiger partial charge in [0.25, 0.3) is 0 Å². The van der Waals surface area contributed by atoms with E-state index in [2.05, 4.69) is 14.8 Å². The van der Waals surface area contributed by atoms with Crippen LogP contribution >= 0.6 is 23.4 Å². The van der Waals surface area contributed by atoms with E-state index in [1.807, 2.05) is 36.4 Å². The van der Waals surface area contributed by atoms with E-state index in [0.717, 1.165) is 33.9 Å². The van der Waals surface area contributed by atoms with Crippen molar-refractivity contribution in [1.82, 2.24) is 14.8 Å². The van der Waals surface area contributed by atoms with Crippen LogP contribution in [-0.2, 0) is 17.0 Å². The lowest BCUT2D eigenvalue weighted by Crippen LogP contribution is -2.06. The number of nitrogens with zero attached hydrogens (tertiary/aromatic N) is 3. The lowest BCUT2D eigenvalue weighted by atomic mass is 10.1. The van der Waals surface area contributed by atoms with E-state index in [9.17, 15) is 4.79 Å². The highest BCUT2D eigenvalue weighted by Gasteiger charge is 2.16. The minimum absolute atomic E-state index is 0.398. The molecule has 166 valence electrons. The van der Waals surface area contributed by atoms with E-state index in [4.69, 9.17) is 25.5 Å². The molecule has 0 spiro atoms. The molecule has 7 nitrogen and oxygen atoms in total. The summed E-state index contributed by atoms with van der Waals surface area (Å²) in [5.41, 5.74) is 1.90. The van der Waals surface area contributed by atoms with E-state index in [1.54, 1.807) is 20.3 Å². The van der Waals surface area contributed by atoms with E-state index < -0.39 is 5.63 Å². The van der Waals surface area contributed by atoms with Gasteiger partial charge in [0.15, 0.2) is 11.0 Å². The minimum atomic E-state index is -0.398. The van der Waals surface area contributed by atoms with Crippen molar-refractivity contribution in [2.45, 2.75) is 23.9 Å². The monoisotopic (exact) mass is 471 g/mol. The topological polar surface area (TPSA) is 79.4 Å². The minimum Gasteiger partial charge on any atom is -0.497 e. The molecule has 0 saturated heterocycles. The zero-order valence-electron chi connectivity index (χ0n) is 17.7. The molecule has 0 N–H and O–H groups in total. The molecule has 0 unspecified atom stereocenters. The Kier molecular flexibility index (Phi) is 7.14. The van der Waals surface area contributed by atoms with Crippen molar-refractivity contribution in [1.29, 1.82) is 0 Å². The maximum absolute atomic E-state index is 12.1. The Morgan fingerprint density at radius 1 is 1.09 bits per heavy atom. The number of fused-ring (bicyclic) bond motifs is 1. The molecule has 0 aliphatic carbocycles. The zero-order valence-corrected chi connectivity index (χ0v) is 19.3. The van der Waals surface area contributed by atoms with E-state index in [1.165, 1.54) is 17.8 Å². The van der Waals surface area contributed by atoms with Crippen molar-refractivity contribution in [3.05, 3.63) is 69.5 Å². The van der Waals surface area contributed by atoms with Gasteiger partial charge in [-0.25, -0.2) is 4.79 Å². The Morgan fingerprint density at radius 3 is 2.66 bits per heavy atom. The summed E-state index contributed by atoms with van der Waals surface area (Å²) < 4.78 is 17.9. The van der Waals surface area contributed by atoms with E-state index in [0.29, 0.717) is 35.3 Å². The summed E-state index contributed by atoms with van der Waals surface area (Å²) in [4.78, 5) is 12.1. The Balaban J connectivity index is 1.64. The van der Waals surface area contributed by atoms with Gasteiger partial charge in [-0.2, -0.15) is 0 Å². The van der Waals surface area contributed by atoms with Crippen LogP contribution in [0.2, 0.25) is 5.02 Å². The van der Waals surface area contributed by atoms with Crippen LogP contribution < -0.4 is 10.4 Å². The number of ether oxygens (including phenoxy) is 2. The van der Waals surface area contributed by atoms with Gasteiger partial charge in [-0.3, -0.25) is 0 Å². The number of benzene rings is 2. The first-order valence-corrected chi connectivity index (χ1v) is 11.4. The lowest BCUT2D eigenvalue weighted by Gasteiger charge is -2.11. The molecule has 0 aliphatic heterocycles. The normalized spacial score (nSPS) is 11.2. The van der Waals surface area contributed by atoms with Crippen LogP contribution in [0.3, 0.4) is 0 Å². The average Bonchev–Trinajstić information content (AvgIpc) is 3.20. The molecular formula is C23H22ClN3O4S. The van der Waals surface area contributed by atoms with Crippen LogP contribution in [0.25, 0.3) is 22.4 Å².